The molecule has 0 aliphatic carbocycles. The van der Waals surface area contributed by atoms with E-state index >= 15 is 0 Å². The van der Waals surface area contributed by atoms with Gasteiger partial charge >= 0.3 is 0 Å². The minimum absolute atomic E-state index is 0.0420. The van der Waals surface area contributed by atoms with Gasteiger partial charge in [0.25, 0.3) is 5.91 Å². The van der Waals surface area contributed by atoms with Gasteiger partial charge in [0.1, 0.15) is 9.88 Å². The van der Waals surface area contributed by atoms with E-state index in [4.69, 9.17) is 0 Å². The highest BCUT2D eigenvalue weighted by Gasteiger charge is 2.31. The van der Waals surface area contributed by atoms with Crippen LogP contribution < -0.4 is 0 Å². The van der Waals surface area contributed by atoms with Gasteiger partial charge in [0.2, 0.25) is 0 Å². The summed E-state index contributed by atoms with van der Waals surface area (Å²) in [6.07, 6.45) is 0.507. The number of hydrogen-bond donors (Lipinski definition) is 1. The molecule has 0 radical (unpaired) electrons. The van der Waals surface area contributed by atoms with Gasteiger partial charge in [-0.25, -0.2) is 4.98 Å². The van der Waals surface area contributed by atoms with Crippen molar-refractivity contribution in [1.29, 1.82) is 0 Å². The second-order valence-electron chi connectivity index (χ2n) is 5.84. The van der Waals surface area contributed by atoms with E-state index in [-0.39, 0.29) is 17.9 Å². The number of nitrogens with zero attached hydrogens (tertiary/aromatic N) is 2. The number of hydrogen-bond acceptors (Lipinski definition) is 4. The SMILES string of the molecule is Cc1nc(-c2ccccc2)sc1C(=O)N1CCC(C(C)O)C1. The van der Waals surface area contributed by atoms with Crippen molar-refractivity contribution in [3.63, 3.8) is 0 Å². The van der Waals surface area contributed by atoms with E-state index in [1.54, 1.807) is 6.92 Å². The Morgan fingerprint density at radius 2 is 2.14 bits per heavy atom. The fourth-order valence-corrected chi connectivity index (χ4v) is 3.85. The number of benzene rings is 1. The summed E-state index contributed by atoms with van der Waals surface area (Å²) < 4.78 is 0. The van der Waals surface area contributed by atoms with Gasteiger partial charge in [0.15, 0.2) is 0 Å². The molecule has 1 aliphatic heterocycles. The Hall–Kier alpha value is -1.72. The Morgan fingerprint density at radius 3 is 2.77 bits per heavy atom. The summed E-state index contributed by atoms with van der Waals surface area (Å²) in [5, 5.41) is 10.6. The van der Waals surface area contributed by atoms with Crippen LogP contribution in [0.3, 0.4) is 0 Å². The number of amides is 1. The van der Waals surface area contributed by atoms with E-state index in [0.29, 0.717) is 18.0 Å². The summed E-state index contributed by atoms with van der Waals surface area (Å²) in [6.45, 7) is 5.03. The summed E-state index contributed by atoms with van der Waals surface area (Å²) in [7, 11) is 0. The second kappa shape index (κ2) is 6.18. The fourth-order valence-electron chi connectivity index (χ4n) is 2.81. The molecule has 1 saturated heterocycles. The van der Waals surface area contributed by atoms with Crippen molar-refractivity contribution in [1.82, 2.24) is 9.88 Å². The average Bonchev–Trinajstić information content (AvgIpc) is 3.14. The quantitative estimate of drug-likeness (QED) is 0.947. The topological polar surface area (TPSA) is 53.4 Å². The average molecular weight is 316 g/mol. The van der Waals surface area contributed by atoms with E-state index < -0.39 is 0 Å². The molecule has 2 heterocycles. The highest BCUT2D eigenvalue weighted by atomic mass is 32.1. The summed E-state index contributed by atoms with van der Waals surface area (Å²) in [5.41, 5.74) is 1.83. The smallest absolute Gasteiger partial charge is 0.265 e. The molecule has 2 aromatic rings. The van der Waals surface area contributed by atoms with Crippen molar-refractivity contribution < 1.29 is 9.90 Å². The molecule has 3 rings (SSSR count). The Balaban J connectivity index is 1.81. The van der Waals surface area contributed by atoms with Crippen LogP contribution in [0.1, 0.15) is 28.7 Å². The van der Waals surface area contributed by atoms with Gasteiger partial charge in [0.05, 0.1) is 11.8 Å². The first-order valence-electron chi connectivity index (χ1n) is 7.56. The first-order chi connectivity index (χ1) is 10.6. The highest BCUT2D eigenvalue weighted by Crippen LogP contribution is 2.30. The van der Waals surface area contributed by atoms with Crippen LogP contribution in [-0.4, -0.2) is 40.1 Å². The Labute approximate surface area is 134 Å². The molecule has 1 fully saturated rings. The molecule has 2 unspecified atom stereocenters. The third-order valence-electron chi connectivity index (χ3n) is 4.21. The lowest BCUT2D eigenvalue weighted by molar-refractivity contribution is 0.0766. The molecule has 0 saturated carbocycles. The zero-order valence-electron chi connectivity index (χ0n) is 12.8. The van der Waals surface area contributed by atoms with Crippen LogP contribution in [0.5, 0.6) is 0 Å². The van der Waals surface area contributed by atoms with Gasteiger partial charge < -0.3 is 10.0 Å². The zero-order chi connectivity index (χ0) is 15.7. The second-order valence-corrected chi connectivity index (χ2v) is 6.84. The van der Waals surface area contributed by atoms with E-state index in [2.05, 4.69) is 4.98 Å². The van der Waals surface area contributed by atoms with Crippen LogP contribution in [-0.2, 0) is 0 Å². The summed E-state index contributed by atoms with van der Waals surface area (Å²) >= 11 is 1.45. The molecule has 22 heavy (non-hydrogen) atoms. The van der Waals surface area contributed by atoms with Crippen LogP contribution in [0.2, 0.25) is 0 Å². The van der Waals surface area contributed by atoms with Crippen LogP contribution in [0, 0.1) is 12.8 Å². The van der Waals surface area contributed by atoms with Crippen molar-refractivity contribution in [2.24, 2.45) is 5.92 Å². The number of carbonyl (C=O) groups excluding carboxylic acids is 1. The third kappa shape index (κ3) is 2.91. The minimum atomic E-state index is -0.361. The number of rotatable bonds is 3. The Morgan fingerprint density at radius 1 is 1.41 bits per heavy atom. The molecule has 1 N–H and O–H groups in total. The third-order valence-corrected chi connectivity index (χ3v) is 5.40. The molecule has 0 bridgehead atoms. The number of aryl methyl sites for hydroxylation is 1. The molecular formula is C17H20N2O2S. The fraction of sp³-hybridized carbons (Fsp3) is 0.412. The van der Waals surface area contributed by atoms with E-state index in [9.17, 15) is 9.90 Å². The Bertz CT molecular complexity index is 667. The largest absolute Gasteiger partial charge is 0.393 e. The number of aliphatic hydroxyl groups excluding tert-OH is 1. The van der Waals surface area contributed by atoms with Crippen molar-refractivity contribution in [3.05, 3.63) is 40.9 Å². The highest BCUT2D eigenvalue weighted by molar-refractivity contribution is 7.17. The van der Waals surface area contributed by atoms with Gasteiger partial charge in [-0.3, -0.25) is 4.79 Å². The molecule has 5 heteroatoms. The summed E-state index contributed by atoms with van der Waals surface area (Å²) in [5.74, 6) is 0.228. The predicted octanol–water partition coefficient (Wildman–Crippen LogP) is 2.96. The lowest BCUT2D eigenvalue weighted by Gasteiger charge is -2.17. The maximum atomic E-state index is 12.7. The molecule has 0 spiro atoms. The summed E-state index contributed by atoms with van der Waals surface area (Å²) in [6, 6.07) is 9.93. The molecule has 1 aromatic carbocycles. The van der Waals surface area contributed by atoms with Crippen LogP contribution in [0.25, 0.3) is 10.6 Å². The number of thiazole rings is 1. The first kappa shape index (κ1) is 15.2. The molecule has 4 nitrogen and oxygen atoms in total. The maximum absolute atomic E-state index is 12.7. The van der Waals surface area contributed by atoms with E-state index in [1.807, 2.05) is 42.2 Å². The van der Waals surface area contributed by atoms with Gasteiger partial charge in [0, 0.05) is 24.6 Å². The lowest BCUT2D eigenvalue weighted by atomic mass is 10.0. The van der Waals surface area contributed by atoms with Gasteiger partial charge in [-0.05, 0) is 20.3 Å². The molecule has 1 amide bonds. The van der Waals surface area contributed by atoms with Crippen molar-refractivity contribution in [2.45, 2.75) is 26.4 Å². The van der Waals surface area contributed by atoms with E-state index in [1.165, 1.54) is 11.3 Å². The predicted molar refractivity (Wildman–Crippen MR) is 88.0 cm³/mol. The van der Waals surface area contributed by atoms with Crippen molar-refractivity contribution in [2.75, 3.05) is 13.1 Å². The van der Waals surface area contributed by atoms with Gasteiger partial charge in [-0.1, -0.05) is 30.3 Å². The Kier molecular flexibility index (Phi) is 4.27. The van der Waals surface area contributed by atoms with Crippen LogP contribution in [0.4, 0.5) is 0 Å². The minimum Gasteiger partial charge on any atom is -0.393 e. The number of likely N-dealkylation sites (tertiary alicyclic amines) is 1. The van der Waals surface area contributed by atoms with Crippen LogP contribution >= 0.6 is 11.3 Å². The molecular weight excluding hydrogens is 296 g/mol. The number of aliphatic hydroxyl groups is 1. The first-order valence-corrected chi connectivity index (χ1v) is 8.38. The molecule has 2 atom stereocenters. The number of aromatic nitrogens is 1. The van der Waals surface area contributed by atoms with Crippen molar-refractivity contribution >= 4 is 17.2 Å². The van der Waals surface area contributed by atoms with E-state index in [0.717, 1.165) is 22.7 Å². The normalized spacial score (nSPS) is 19.4. The zero-order valence-corrected chi connectivity index (χ0v) is 13.6. The molecule has 116 valence electrons. The molecule has 1 aliphatic rings. The molecule has 1 aromatic heterocycles. The van der Waals surface area contributed by atoms with Gasteiger partial charge in [-0.15, -0.1) is 11.3 Å². The monoisotopic (exact) mass is 316 g/mol. The van der Waals surface area contributed by atoms with Gasteiger partial charge in [-0.2, -0.15) is 0 Å². The number of carbonyl (C=O) groups is 1. The summed E-state index contributed by atoms with van der Waals surface area (Å²) in [4.78, 5) is 19.8. The standard InChI is InChI=1S/C17H20N2O2S/c1-11-15(17(21)19-9-8-14(10-19)12(2)20)22-16(18-11)13-6-4-3-5-7-13/h3-7,12,14,20H,8-10H2,1-2H3. The van der Waals surface area contributed by atoms with Crippen molar-refractivity contribution in [3.8, 4) is 10.6 Å². The van der Waals surface area contributed by atoms with Crippen LogP contribution in [0.15, 0.2) is 30.3 Å². The lowest BCUT2D eigenvalue weighted by Crippen LogP contribution is -2.30. The maximum Gasteiger partial charge on any atom is 0.265 e.